The highest BCUT2D eigenvalue weighted by Gasteiger charge is 2.13. The first-order valence-electron chi connectivity index (χ1n) is 5.70. The Morgan fingerprint density at radius 1 is 1.59 bits per heavy atom. The van der Waals surface area contributed by atoms with Crippen molar-refractivity contribution in [1.82, 2.24) is 10.3 Å². The third-order valence-corrected chi connectivity index (χ3v) is 3.38. The van der Waals surface area contributed by atoms with Gasteiger partial charge in [-0.3, -0.25) is 4.79 Å². The third-order valence-electron chi connectivity index (χ3n) is 2.24. The Kier molecular flexibility index (Phi) is 5.83. The summed E-state index contributed by atoms with van der Waals surface area (Å²) in [5.74, 6) is 2.53. The molecule has 1 aromatic heterocycles. The van der Waals surface area contributed by atoms with Gasteiger partial charge in [-0.2, -0.15) is 11.8 Å². The Balaban J connectivity index is 2.63. The molecule has 17 heavy (non-hydrogen) atoms. The van der Waals surface area contributed by atoms with E-state index in [1.165, 1.54) is 0 Å². The smallest absolute Gasteiger partial charge is 0.255 e. The minimum absolute atomic E-state index is 0.0772. The number of nitrogens with zero attached hydrogens (tertiary/aromatic N) is 1. The number of nitrogens with one attached hydrogen (secondary N) is 2. The SMILES string of the molecule is CCSCC(C)NC(=O)c1cccnc1NC. The molecule has 1 heterocycles. The van der Waals surface area contributed by atoms with Gasteiger partial charge in [0.15, 0.2) is 0 Å². The van der Waals surface area contributed by atoms with Crippen molar-refractivity contribution >= 4 is 23.5 Å². The van der Waals surface area contributed by atoms with E-state index in [0.29, 0.717) is 11.4 Å². The average molecular weight is 253 g/mol. The van der Waals surface area contributed by atoms with Crippen molar-refractivity contribution in [3.63, 3.8) is 0 Å². The minimum atomic E-state index is -0.0772. The molecule has 0 saturated carbocycles. The van der Waals surface area contributed by atoms with Gasteiger partial charge >= 0.3 is 0 Å². The van der Waals surface area contributed by atoms with E-state index in [-0.39, 0.29) is 11.9 Å². The summed E-state index contributed by atoms with van der Waals surface area (Å²) in [4.78, 5) is 16.1. The standard InChI is InChI=1S/C12H19N3OS/c1-4-17-8-9(2)15-12(16)10-6-5-7-14-11(10)13-3/h5-7,9H,4,8H2,1-3H3,(H,13,14)(H,15,16). The van der Waals surface area contributed by atoms with E-state index in [1.54, 1.807) is 25.4 Å². The summed E-state index contributed by atoms with van der Waals surface area (Å²) in [6, 6.07) is 3.70. The molecular formula is C12H19N3OS. The molecule has 4 nitrogen and oxygen atoms in total. The van der Waals surface area contributed by atoms with E-state index in [2.05, 4.69) is 22.5 Å². The van der Waals surface area contributed by atoms with Gasteiger partial charge in [0.05, 0.1) is 5.56 Å². The molecule has 0 fully saturated rings. The molecule has 1 atom stereocenters. The first kappa shape index (κ1) is 13.8. The Morgan fingerprint density at radius 2 is 2.35 bits per heavy atom. The molecule has 0 saturated heterocycles. The number of hydrogen-bond donors (Lipinski definition) is 2. The molecule has 2 N–H and O–H groups in total. The van der Waals surface area contributed by atoms with E-state index < -0.39 is 0 Å². The van der Waals surface area contributed by atoms with Gasteiger partial charge < -0.3 is 10.6 Å². The summed E-state index contributed by atoms with van der Waals surface area (Å²) in [5.41, 5.74) is 0.586. The summed E-state index contributed by atoms with van der Waals surface area (Å²) >= 11 is 1.82. The fourth-order valence-electron chi connectivity index (χ4n) is 1.43. The van der Waals surface area contributed by atoms with Crippen molar-refractivity contribution in [2.24, 2.45) is 0 Å². The second-order valence-electron chi connectivity index (χ2n) is 3.68. The molecule has 0 bridgehead atoms. The van der Waals surface area contributed by atoms with Crippen molar-refractivity contribution in [2.75, 3.05) is 23.9 Å². The van der Waals surface area contributed by atoms with Crippen LogP contribution in [0, 0.1) is 0 Å². The molecule has 1 unspecified atom stereocenters. The van der Waals surface area contributed by atoms with Crippen LogP contribution < -0.4 is 10.6 Å². The van der Waals surface area contributed by atoms with E-state index >= 15 is 0 Å². The van der Waals surface area contributed by atoms with E-state index in [1.807, 2.05) is 18.7 Å². The summed E-state index contributed by atoms with van der Waals surface area (Å²) in [6.45, 7) is 4.12. The van der Waals surface area contributed by atoms with Crippen LogP contribution in [-0.2, 0) is 0 Å². The highest BCUT2D eigenvalue weighted by atomic mass is 32.2. The van der Waals surface area contributed by atoms with Crippen LogP contribution >= 0.6 is 11.8 Å². The van der Waals surface area contributed by atoms with Crippen LogP contribution in [0.2, 0.25) is 0 Å². The number of thioether (sulfide) groups is 1. The molecule has 94 valence electrons. The Morgan fingerprint density at radius 3 is 3.00 bits per heavy atom. The van der Waals surface area contributed by atoms with Crippen LogP contribution in [0.15, 0.2) is 18.3 Å². The van der Waals surface area contributed by atoms with Crippen LogP contribution in [0.4, 0.5) is 5.82 Å². The third kappa shape index (κ3) is 4.26. The summed E-state index contributed by atoms with van der Waals surface area (Å²) in [7, 11) is 1.76. The second kappa shape index (κ2) is 7.17. The molecule has 0 aliphatic rings. The van der Waals surface area contributed by atoms with Gasteiger partial charge in [-0.15, -0.1) is 0 Å². The molecule has 5 heteroatoms. The van der Waals surface area contributed by atoms with Gasteiger partial charge in [-0.25, -0.2) is 4.98 Å². The quantitative estimate of drug-likeness (QED) is 0.814. The molecular weight excluding hydrogens is 234 g/mol. The maximum atomic E-state index is 12.0. The maximum Gasteiger partial charge on any atom is 0.255 e. The molecule has 0 radical (unpaired) electrons. The first-order chi connectivity index (χ1) is 8.19. The lowest BCUT2D eigenvalue weighted by atomic mass is 10.2. The summed E-state index contributed by atoms with van der Waals surface area (Å²) in [6.07, 6.45) is 1.67. The van der Waals surface area contributed by atoms with Crippen molar-refractivity contribution in [3.8, 4) is 0 Å². The number of anilines is 1. The maximum absolute atomic E-state index is 12.0. The first-order valence-corrected chi connectivity index (χ1v) is 6.85. The average Bonchev–Trinajstić information content (AvgIpc) is 2.36. The van der Waals surface area contributed by atoms with Gasteiger partial charge in [-0.05, 0) is 24.8 Å². The van der Waals surface area contributed by atoms with Crippen molar-refractivity contribution in [3.05, 3.63) is 23.9 Å². The number of aromatic nitrogens is 1. The van der Waals surface area contributed by atoms with Crippen molar-refractivity contribution in [2.45, 2.75) is 19.9 Å². The second-order valence-corrected chi connectivity index (χ2v) is 5.00. The lowest BCUT2D eigenvalue weighted by molar-refractivity contribution is 0.0944. The molecule has 0 aromatic carbocycles. The largest absolute Gasteiger partial charge is 0.372 e. The highest BCUT2D eigenvalue weighted by Crippen LogP contribution is 2.11. The normalized spacial score (nSPS) is 11.9. The van der Waals surface area contributed by atoms with Gasteiger partial charge in [0.1, 0.15) is 5.82 Å². The van der Waals surface area contributed by atoms with Crippen LogP contribution in [-0.4, -0.2) is 35.5 Å². The zero-order valence-corrected chi connectivity index (χ0v) is 11.3. The number of carbonyl (C=O) groups excluding carboxylic acids is 1. The minimum Gasteiger partial charge on any atom is -0.372 e. The molecule has 0 aliphatic heterocycles. The molecule has 0 spiro atoms. The number of carbonyl (C=O) groups is 1. The van der Waals surface area contributed by atoms with Gasteiger partial charge in [0.2, 0.25) is 0 Å². The highest BCUT2D eigenvalue weighted by molar-refractivity contribution is 7.99. The Bertz CT molecular complexity index is 371. The lowest BCUT2D eigenvalue weighted by Gasteiger charge is -2.14. The predicted octanol–water partition coefficient (Wildman–Crippen LogP) is 1.99. The van der Waals surface area contributed by atoms with E-state index in [4.69, 9.17) is 0 Å². The van der Waals surface area contributed by atoms with Crippen LogP contribution in [0.25, 0.3) is 0 Å². The fourth-order valence-corrected chi connectivity index (χ4v) is 2.10. The summed E-state index contributed by atoms with van der Waals surface area (Å²) in [5, 5.41) is 5.88. The molecule has 1 aromatic rings. The molecule has 0 aliphatic carbocycles. The summed E-state index contributed by atoms with van der Waals surface area (Å²) < 4.78 is 0. The number of amides is 1. The Labute approximate surface area is 107 Å². The van der Waals surface area contributed by atoms with Gasteiger partial charge in [0.25, 0.3) is 5.91 Å². The number of hydrogen-bond acceptors (Lipinski definition) is 4. The fraction of sp³-hybridized carbons (Fsp3) is 0.500. The number of rotatable bonds is 6. The van der Waals surface area contributed by atoms with E-state index in [9.17, 15) is 4.79 Å². The lowest BCUT2D eigenvalue weighted by Crippen LogP contribution is -2.34. The van der Waals surface area contributed by atoms with Crippen molar-refractivity contribution in [1.29, 1.82) is 0 Å². The van der Waals surface area contributed by atoms with Crippen LogP contribution in [0.1, 0.15) is 24.2 Å². The monoisotopic (exact) mass is 253 g/mol. The van der Waals surface area contributed by atoms with Crippen LogP contribution in [0.5, 0.6) is 0 Å². The number of pyridine rings is 1. The molecule has 1 rings (SSSR count). The van der Waals surface area contributed by atoms with Gasteiger partial charge in [0, 0.05) is 25.0 Å². The van der Waals surface area contributed by atoms with Crippen molar-refractivity contribution < 1.29 is 4.79 Å². The zero-order chi connectivity index (χ0) is 12.7. The molecule has 1 amide bonds. The van der Waals surface area contributed by atoms with E-state index in [0.717, 1.165) is 11.5 Å². The topological polar surface area (TPSA) is 54.0 Å². The Hall–Kier alpha value is -1.23. The van der Waals surface area contributed by atoms with Gasteiger partial charge in [-0.1, -0.05) is 6.92 Å². The zero-order valence-electron chi connectivity index (χ0n) is 10.5. The van der Waals surface area contributed by atoms with Crippen LogP contribution in [0.3, 0.4) is 0 Å². The predicted molar refractivity (Wildman–Crippen MR) is 73.7 cm³/mol.